The van der Waals surface area contributed by atoms with E-state index < -0.39 is 18.1 Å². The first-order chi connectivity index (χ1) is 15.3. The summed E-state index contributed by atoms with van der Waals surface area (Å²) in [5.74, 6) is 1.42. The molecule has 0 aliphatic rings. The number of ether oxygens (including phenoxy) is 3. The van der Waals surface area contributed by atoms with Gasteiger partial charge in [0.2, 0.25) is 0 Å². The molecule has 0 aliphatic heterocycles. The van der Waals surface area contributed by atoms with Gasteiger partial charge in [0.05, 0.1) is 32.7 Å². The number of anilines is 1. The fourth-order valence-electron chi connectivity index (χ4n) is 3.36. The van der Waals surface area contributed by atoms with Crippen molar-refractivity contribution >= 4 is 23.1 Å². The fraction of sp³-hybridized carbons (Fsp3) is 0.304. The summed E-state index contributed by atoms with van der Waals surface area (Å²) < 4.78 is 21.0. The number of carbonyl (C=O) groups excluding carboxylic acids is 1. The van der Waals surface area contributed by atoms with Crippen LogP contribution in [0.3, 0.4) is 0 Å². The van der Waals surface area contributed by atoms with Crippen molar-refractivity contribution in [2.45, 2.75) is 26.0 Å². The van der Waals surface area contributed by atoms with E-state index in [4.69, 9.17) is 14.2 Å². The van der Waals surface area contributed by atoms with Crippen LogP contribution in [0.5, 0.6) is 17.2 Å². The quantitative estimate of drug-likeness (QED) is 0.398. The van der Waals surface area contributed by atoms with E-state index in [2.05, 4.69) is 15.4 Å². The van der Waals surface area contributed by atoms with Gasteiger partial charge in [0.15, 0.2) is 17.5 Å². The van der Waals surface area contributed by atoms with Gasteiger partial charge >= 0.3 is 0 Å². The van der Waals surface area contributed by atoms with Crippen molar-refractivity contribution in [1.29, 1.82) is 0 Å². The molecule has 5 N–H and O–H groups in total. The number of nitrogens with zero attached hydrogens (tertiary/aromatic N) is 1. The summed E-state index contributed by atoms with van der Waals surface area (Å²) in [6.45, 7) is 3.48. The van der Waals surface area contributed by atoms with E-state index >= 15 is 0 Å². The maximum Gasteiger partial charge on any atom is 0.285 e. The topological polar surface area (TPSA) is 118 Å². The number of hydrogen-bond acceptors (Lipinski definition) is 7. The highest BCUT2D eigenvalue weighted by atomic mass is 35.5. The number of aliphatic hydroxyl groups excluding tert-OH is 1. The van der Waals surface area contributed by atoms with Crippen LogP contribution in [0.2, 0.25) is 0 Å². The van der Waals surface area contributed by atoms with Crippen molar-refractivity contribution in [2.24, 2.45) is 0 Å². The summed E-state index contributed by atoms with van der Waals surface area (Å²) in [5, 5.41) is 14.4. The Morgan fingerprint density at radius 3 is 2.39 bits per heavy atom. The zero-order valence-electron chi connectivity index (χ0n) is 19.1. The summed E-state index contributed by atoms with van der Waals surface area (Å²) in [4.78, 5) is 12.5. The molecule has 1 unspecified atom stereocenters. The summed E-state index contributed by atoms with van der Waals surface area (Å²) >= 11 is 1.34. The first-order valence-corrected chi connectivity index (χ1v) is 10.8. The molecule has 0 spiro atoms. The highest BCUT2D eigenvalue weighted by Gasteiger charge is 2.24. The highest BCUT2D eigenvalue weighted by Crippen LogP contribution is 2.40. The molecule has 33 heavy (non-hydrogen) atoms. The lowest BCUT2D eigenvalue weighted by atomic mass is 9.99. The Morgan fingerprint density at radius 2 is 1.79 bits per heavy atom. The molecule has 2 aromatic carbocycles. The summed E-state index contributed by atoms with van der Waals surface area (Å²) in [6, 6.07) is 8.61. The minimum atomic E-state index is -0.870. The number of aromatic nitrogens is 1. The van der Waals surface area contributed by atoms with E-state index in [0.717, 1.165) is 27.9 Å². The lowest BCUT2D eigenvalue weighted by molar-refractivity contribution is -0.418. The molecule has 0 aliphatic carbocycles. The third kappa shape index (κ3) is 5.56. The van der Waals surface area contributed by atoms with Crippen molar-refractivity contribution in [3.63, 3.8) is 0 Å². The molecule has 8 nitrogen and oxygen atoms in total. The van der Waals surface area contributed by atoms with Crippen LogP contribution in [-0.4, -0.2) is 48.9 Å². The van der Waals surface area contributed by atoms with Gasteiger partial charge in [0, 0.05) is 16.5 Å². The monoisotopic (exact) mass is 493 g/mol. The van der Waals surface area contributed by atoms with Gasteiger partial charge < -0.3 is 42.8 Å². The van der Waals surface area contributed by atoms with Crippen LogP contribution in [0, 0.1) is 6.92 Å². The van der Waals surface area contributed by atoms with Gasteiger partial charge in [-0.1, -0.05) is 6.07 Å². The maximum atomic E-state index is 12.5. The van der Waals surface area contributed by atoms with E-state index in [0.29, 0.717) is 22.9 Å². The molecule has 0 bridgehead atoms. The van der Waals surface area contributed by atoms with Gasteiger partial charge in [-0.15, -0.1) is 0 Å². The molecule has 2 atom stereocenters. The largest absolute Gasteiger partial charge is 1.00 e. The average molecular weight is 494 g/mol. The third-order valence-electron chi connectivity index (χ3n) is 5.20. The van der Waals surface area contributed by atoms with Gasteiger partial charge in [0.25, 0.3) is 5.91 Å². The molecule has 178 valence electrons. The van der Waals surface area contributed by atoms with Crippen LogP contribution >= 0.6 is 11.5 Å². The van der Waals surface area contributed by atoms with Crippen LogP contribution in [0.4, 0.5) is 5.69 Å². The first kappa shape index (κ1) is 26.4. The smallest absolute Gasteiger partial charge is 0.285 e. The van der Waals surface area contributed by atoms with Crippen molar-refractivity contribution < 1.29 is 42.3 Å². The Hall–Kier alpha value is -2.85. The Balaban J connectivity index is 0.00000385. The van der Waals surface area contributed by atoms with Crippen LogP contribution in [-0.2, 0) is 4.79 Å². The Labute approximate surface area is 203 Å². The maximum absolute atomic E-state index is 12.5. The molecule has 0 fully saturated rings. The van der Waals surface area contributed by atoms with E-state index in [1.54, 1.807) is 20.3 Å². The Kier molecular flexibility index (Phi) is 9.07. The lowest BCUT2D eigenvalue weighted by Gasteiger charge is -2.16. The van der Waals surface area contributed by atoms with E-state index in [9.17, 15) is 9.90 Å². The second kappa shape index (κ2) is 11.3. The molecule has 1 amide bonds. The Morgan fingerprint density at radius 1 is 1.09 bits per heavy atom. The van der Waals surface area contributed by atoms with Crippen molar-refractivity contribution in [3.8, 4) is 39.6 Å². The summed E-state index contributed by atoms with van der Waals surface area (Å²) in [7, 11) is 4.75. The normalized spacial score (nSPS) is 12.3. The zero-order chi connectivity index (χ0) is 23.4. The number of amides is 1. The number of quaternary nitrogens is 1. The van der Waals surface area contributed by atoms with Crippen LogP contribution < -0.4 is 37.7 Å². The molecular weight excluding hydrogens is 466 g/mol. The van der Waals surface area contributed by atoms with Crippen molar-refractivity contribution in [2.75, 3.05) is 26.6 Å². The van der Waals surface area contributed by atoms with Gasteiger partial charge in [-0.25, -0.2) is 0 Å². The van der Waals surface area contributed by atoms with Gasteiger partial charge in [-0.2, -0.15) is 4.37 Å². The lowest BCUT2D eigenvalue weighted by Crippen LogP contribution is -3.00. The van der Waals surface area contributed by atoms with Crippen LogP contribution in [0.1, 0.15) is 12.5 Å². The zero-order valence-corrected chi connectivity index (χ0v) is 20.7. The number of aryl methyl sites for hydroxylation is 1. The molecule has 0 radical (unpaired) electrons. The number of benzene rings is 2. The van der Waals surface area contributed by atoms with E-state index in [1.807, 2.05) is 36.6 Å². The second-order valence-corrected chi connectivity index (χ2v) is 7.99. The minimum Gasteiger partial charge on any atom is -1.00 e. The molecule has 1 aromatic heterocycles. The minimum absolute atomic E-state index is 0. The predicted octanol–water partition coefficient (Wildman–Crippen LogP) is -0.255. The van der Waals surface area contributed by atoms with E-state index in [1.165, 1.54) is 25.6 Å². The number of carbonyl (C=O) groups is 1. The van der Waals surface area contributed by atoms with E-state index in [-0.39, 0.29) is 12.4 Å². The third-order valence-corrected chi connectivity index (χ3v) is 5.82. The molecule has 0 saturated heterocycles. The van der Waals surface area contributed by atoms with Crippen LogP contribution in [0.25, 0.3) is 22.4 Å². The van der Waals surface area contributed by atoms with Crippen molar-refractivity contribution in [1.82, 2.24) is 4.37 Å². The second-order valence-electron chi connectivity index (χ2n) is 7.36. The number of halogens is 1. The highest BCUT2D eigenvalue weighted by molar-refractivity contribution is 7.04. The summed E-state index contributed by atoms with van der Waals surface area (Å²) in [6.07, 6.45) is -0.870. The molecular formula is C23H28ClN3O5S. The Bertz CT molecular complexity index is 1120. The number of hydrogen-bond donors (Lipinski definition) is 3. The molecule has 10 heteroatoms. The molecule has 0 saturated carbocycles. The predicted molar refractivity (Wildman–Crippen MR) is 124 cm³/mol. The van der Waals surface area contributed by atoms with Gasteiger partial charge in [-0.05, 0) is 60.8 Å². The number of aliphatic hydroxyl groups is 1. The SMILES string of the molecule is COc1ccc(-c2csnc2-c2cc(C)c(OC)c(OC)c2)cc1NC(=O)[C@H]([NH3+])C(C)O.[Cl-]. The first-order valence-electron chi connectivity index (χ1n) is 9.98. The van der Waals surface area contributed by atoms with Gasteiger partial charge in [-0.3, -0.25) is 4.79 Å². The van der Waals surface area contributed by atoms with Gasteiger partial charge in [0.1, 0.15) is 11.9 Å². The van der Waals surface area contributed by atoms with Crippen LogP contribution in [0.15, 0.2) is 35.7 Å². The molecule has 1 heterocycles. The number of methoxy groups -OCH3 is 3. The molecule has 3 aromatic rings. The summed E-state index contributed by atoms with van der Waals surface area (Å²) in [5.41, 5.74) is 8.59. The standard InChI is InChI=1S/C23H27N3O5S.ClH/c1-12-8-15(10-19(30-4)22(12)31-5)21-16(11-32-26-21)14-6-7-18(29-3)17(9-14)25-23(28)20(24)13(2)27;/h6-11,13,20,27H,24H2,1-5H3,(H,25,28);1H/t13?,20-;/m1./s1. The van der Waals surface area contributed by atoms with Crippen molar-refractivity contribution in [3.05, 3.63) is 41.3 Å². The average Bonchev–Trinajstić information content (AvgIpc) is 3.27. The molecule has 3 rings (SSSR count). The fourth-order valence-corrected chi connectivity index (χ4v) is 4.07. The number of rotatable bonds is 8. The number of nitrogens with one attached hydrogen (secondary N) is 1.